The highest BCUT2D eigenvalue weighted by Crippen LogP contribution is 2.49. The fourth-order valence-corrected chi connectivity index (χ4v) is 2.37. The third kappa shape index (κ3) is 1.50. The predicted molar refractivity (Wildman–Crippen MR) is 50.6 cm³/mol. The Bertz CT molecular complexity index is 146. The molecule has 1 fully saturated rings. The van der Waals surface area contributed by atoms with Crippen LogP contribution in [0.5, 0.6) is 0 Å². The minimum atomic E-state index is 0.625. The van der Waals surface area contributed by atoms with Gasteiger partial charge in [-0.25, -0.2) is 0 Å². The van der Waals surface area contributed by atoms with Crippen LogP contribution in [-0.4, -0.2) is 0 Å². The average Bonchev–Trinajstić information content (AvgIpc) is 2.49. The lowest BCUT2D eigenvalue weighted by Crippen LogP contribution is -2.13. The monoisotopic (exact) mass is 152 g/mol. The smallest absolute Gasteiger partial charge is 0.0115 e. The second-order valence-corrected chi connectivity index (χ2v) is 3.73. The van der Waals surface area contributed by atoms with E-state index < -0.39 is 0 Å². The van der Waals surface area contributed by atoms with Gasteiger partial charge < -0.3 is 0 Å². The van der Waals surface area contributed by atoms with E-state index in [2.05, 4.69) is 19.1 Å². The van der Waals surface area contributed by atoms with Gasteiger partial charge in [0.25, 0.3) is 0 Å². The normalized spacial score (nSPS) is 39.7. The quantitative estimate of drug-likeness (QED) is 0.463. The van der Waals surface area contributed by atoms with Gasteiger partial charge in [-0.2, -0.15) is 0 Å². The molecule has 0 saturated heterocycles. The van der Waals surface area contributed by atoms with Gasteiger partial charge in [-0.05, 0) is 30.6 Å². The van der Waals surface area contributed by atoms with E-state index in [9.17, 15) is 0 Å². The van der Waals surface area contributed by atoms with Crippen molar-refractivity contribution >= 4 is 0 Å². The van der Waals surface area contributed by atoms with Crippen molar-refractivity contribution in [2.45, 2.75) is 46.5 Å². The molecule has 2 atom stereocenters. The van der Waals surface area contributed by atoms with Gasteiger partial charge in [0, 0.05) is 0 Å². The summed E-state index contributed by atoms with van der Waals surface area (Å²) in [5.41, 5.74) is 0.625. The maximum atomic E-state index is 2.44. The Hall–Kier alpha value is -0.260. The highest BCUT2D eigenvalue weighted by Gasteiger charge is 2.38. The first-order chi connectivity index (χ1) is 5.31. The maximum absolute atomic E-state index is 2.44. The van der Waals surface area contributed by atoms with Crippen LogP contribution in [0.15, 0.2) is 12.2 Å². The summed E-state index contributed by atoms with van der Waals surface area (Å²) in [5.74, 6) is 1.01. The van der Waals surface area contributed by atoms with Gasteiger partial charge in [-0.15, -0.1) is 0 Å². The zero-order chi connectivity index (χ0) is 8.32. The number of hydrogen-bond donors (Lipinski definition) is 0. The van der Waals surface area contributed by atoms with E-state index in [-0.39, 0.29) is 0 Å². The molecule has 2 aliphatic carbocycles. The van der Waals surface area contributed by atoms with Crippen molar-refractivity contribution in [2.24, 2.45) is 11.3 Å². The lowest BCUT2D eigenvalue weighted by atomic mass is 9.83. The molecule has 0 N–H and O–H groups in total. The minimum Gasteiger partial charge on any atom is -0.0877 e. The Morgan fingerprint density at radius 2 is 2.09 bits per heavy atom. The van der Waals surface area contributed by atoms with Crippen LogP contribution in [0.4, 0.5) is 0 Å². The lowest BCUT2D eigenvalue weighted by Gasteiger charge is -2.21. The first kappa shape index (κ1) is 8.83. The topological polar surface area (TPSA) is 0 Å². The molecule has 0 nitrogen and oxygen atoms in total. The summed E-state index contributed by atoms with van der Waals surface area (Å²) in [6.45, 7) is 6.41. The Labute approximate surface area is 70.7 Å². The van der Waals surface area contributed by atoms with Gasteiger partial charge >= 0.3 is 0 Å². The Morgan fingerprint density at radius 3 is 2.73 bits per heavy atom. The lowest BCUT2D eigenvalue weighted by molar-refractivity contribution is 0.334. The molecule has 2 rings (SSSR count). The van der Waals surface area contributed by atoms with Crippen molar-refractivity contribution < 1.29 is 0 Å². The zero-order valence-corrected chi connectivity index (χ0v) is 8.06. The van der Waals surface area contributed by atoms with E-state index in [4.69, 9.17) is 0 Å². The molecule has 0 spiro atoms. The molecule has 64 valence electrons. The summed E-state index contributed by atoms with van der Waals surface area (Å²) in [7, 11) is 0. The van der Waals surface area contributed by atoms with Crippen molar-refractivity contribution in [1.29, 1.82) is 0 Å². The largest absolute Gasteiger partial charge is 0.0877 e. The van der Waals surface area contributed by atoms with Crippen LogP contribution in [0.25, 0.3) is 0 Å². The molecule has 1 saturated carbocycles. The van der Waals surface area contributed by atoms with Gasteiger partial charge in [0.15, 0.2) is 0 Å². The van der Waals surface area contributed by atoms with Gasteiger partial charge in [-0.1, -0.05) is 39.3 Å². The summed E-state index contributed by atoms with van der Waals surface area (Å²) in [6.07, 6.45) is 10.5. The van der Waals surface area contributed by atoms with Crippen molar-refractivity contribution in [3.8, 4) is 0 Å². The molecule has 0 bridgehead atoms. The second-order valence-electron chi connectivity index (χ2n) is 3.73. The van der Waals surface area contributed by atoms with E-state index in [1.165, 1.54) is 25.7 Å². The van der Waals surface area contributed by atoms with Gasteiger partial charge in [0.2, 0.25) is 0 Å². The molecule has 0 aromatic carbocycles. The van der Waals surface area contributed by atoms with Gasteiger partial charge in [-0.3, -0.25) is 0 Å². The van der Waals surface area contributed by atoms with E-state index in [1.54, 1.807) is 0 Å². The van der Waals surface area contributed by atoms with Crippen LogP contribution in [0, 0.1) is 11.3 Å². The standard InChI is InChI=1S/C9H14.C2H6/c1-9-6-2-4-8(9)5-3-7-9;1-2/h2,6,8H,3-5,7H2,1H3;1-2H3. The van der Waals surface area contributed by atoms with Crippen LogP contribution in [0.3, 0.4) is 0 Å². The van der Waals surface area contributed by atoms with E-state index in [0.717, 1.165) is 5.92 Å². The maximum Gasteiger partial charge on any atom is -0.0115 e. The molecule has 2 unspecified atom stereocenters. The Kier molecular flexibility index (Phi) is 2.75. The SMILES string of the molecule is CC.CC12C=CCC1CCC2. The summed E-state index contributed by atoms with van der Waals surface area (Å²) < 4.78 is 0. The number of allylic oxidation sites excluding steroid dienone is 2. The Morgan fingerprint density at radius 1 is 1.36 bits per heavy atom. The molecule has 0 heterocycles. The molecule has 0 aromatic rings. The number of rotatable bonds is 0. The van der Waals surface area contributed by atoms with Crippen LogP contribution in [0.1, 0.15) is 46.5 Å². The van der Waals surface area contributed by atoms with Crippen molar-refractivity contribution in [3.63, 3.8) is 0 Å². The predicted octanol–water partition coefficient (Wildman–Crippen LogP) is 3.78. The molecule has 0 radical (unpaired) electrons. The highest BCUT2D eigenvalue weighted by molar-refractivity contribution is 5.11. The third-order valence-corrected chi connectivity index (χ3v) is 3.12. The van der Waals surface area contributed by atoms with Crippen molar-refractivity contribution in [1.82, 2.24) is 0 Å². The van der Waals surface area contributed by atoms with Gasteiger partial charge in [0.05, 0.1) is 0 Å². The van der Waals surface area contributed by atoms with E-state index in [0.29, 0.717) is 5.41 Å². The molecule has 0 heteroatoms. The van der Waals surface area contributed by atoms with Crippen molar-refractivity contribution in [2.75, 3.05) is 0 Å². The zero-order valence-electron chi connectivity index (χ0n) is 8.06. The van der Waals surface area contributed by atoms with E-state index in [1.807, 2.05) is 13.8 Å². The average molecular weight is 152 g/mol. The molecule has 2 aliphatic rings. The summed E-state index contributed by atoms with van der Waals surface area (Å²) in [6, 6.07) is 0. The molecular weight excluding hydrogens is 132 g/mol. The summed E-state index contributed by atoms with van der Waals surface area (Å²) in [5, 5.41) is 0. The Balaban J connectivity index is 0.000000281. The third-order valence-electron chi connectivity index (χ3n) is 3.12. The van der Waals surface area contributed by atoms with Crippen LogP contribution in [-0.2, 0) is 0 Å². The highest BCUT2D eigenvalue weighted by atomic mass is 14.4. The fraction of sp³-hybridized carbons (Fsp3) is 0.818. The van der Waals surface area contributed by atoms with Crippen molar-refractivity contribution in [3.05, 3.63) is 12.2 Å². The van der Waals surface area contributed by atoms with E-state index >= 15 is 0 Å². The first-order valence-electron chi connectivity index (χ1n) is 4.99. The molecule has 11 heavy (non-hydrogen) atoms. The first-order valence-corrected chi connectivity index (χ1v) is 4.99. The second kappa shape index (κ2) is 3.42. The minimum absolute atomic E-state index is 0.625. The van der Waals surface area contributed by atoms with Crippen LogP contribution < -0.4 is 0 Å². The van der Waals surface area contributed by atoms with Gasteiger partial charge in [0.1, 0.15) is 0 Å². The molecular formula is C11H20. The summed E-state index contributed by atoms with van der Waals surface area (Å²) in [4.78, 5) is 0. The molecule has 0 aliphatic heterocycles. The summed E-state index contributed by atoms with van der Waals surface area (Å²) >= 11 is 0. The molecule has 0 aromatic heterocycles. The van der Waals surface area contributed by atoms with Crippen LogP contribution in [0.2, 0.25) is 0 Å². The number of hydrogen-bond acceptors (Lipinski definition) is 0. The number of fused-ring (bicyclic) bond motifs is 1. The molecule has 0 amide bonds. The fourth-order valence-electron chi connectivity index (χ4n) is 2.37. The van der Waals surface area contributed by atoms with Crippen LogP contribution >= 0.6 is 0 Å².